The third-order valence-electron chi connectivity index (χ3n) is 5.24. The van der Waals surface area contributed by atoms with Crippen LogP contribution in [-0.2, 0) is 16.1 Å². The maximum absolute atomic E-state index is 12.7. The van der Waals surface area contributed by atoms with Crippen molar-refractivity contribution >= 4 is 23.2 Å². The molecule has 0 atom stereocenters. The second-order valence-corrected chi connectivity index (χ2v) is 7.77. The van der Waals surface area contributed by atoms with Crippen LogP contribution >= 0.6 is 0 Å². The number of anilines is 2. The molecule has 2 N–H and O–H groups in total. The van der Waals surface area contributed by atoms with E-state index >= 15 is 0 Å². The van der Waals surface area contributed by atoms with Gasteiger partial charge in [0.05, 0.1) is 19.8 Å². The van der Waals surface area contributed by atoms with Gasteiger partial charge in [0, 0.05) is 30.0 Å². The van der Waals surface area contributed by atoms with Gasteiger partial charge in [-0.3, -0.25) is 14.5 Å². The number of hydrogen-bond donors (Lipinski definition) is 2. The molecule has 0 aromatic heterocycles. The summed E-state index contributed by atoms with van der Waals surface area (Å²) in [7, 11) is 0. The van der Waals surface area contributed by atoms with E-state index < -0.39 is 0 Å². The Bertz CT molecular complexity index is 1060. The summed E-state index contributed by atoms with van der Waals surface area (Å²) in [5.41, 5.74) is 2.89. The highest BCUT2D eigenvalue weighted by Gasteiger charge is 2.14. The van der Waals surface area contributed by atoms with E-state index in [-0.39, 0.29) is 11.8 Å². The molecule has 0 aliphatic carbocycles. The zero-order valence-electron chi connectivity index (χ0n) is 18.3. The Balaban J connectivity index is 1.28. The number of hydrogen-bond acceptors (Lipinski definition) is 5. The molecular formula is C26H27N3O4. The molecule has 7 nitrogen and oxygen atoms in total. The predicted molar refractivity (Wildman–Crippen MR) is 127 cm³/mol. The normalized spacial score (nSPS) is 13.8. The molecular weight excluding hydrogens is 418 g/mol. The highest BCUT2D eigenvalue weighted by atomic mass is 16.5. The van der Waals surface area contributed by atoms with E-state index in [1.54, 1.807) is 42.5 Å². The topological polar surface area (TPSA) is 79.9 Å². The molecule has 3 aromatic rings. The van der Waals surface area contributed by atoms with Crippen molar-refractivity contribution < 1.29 is 19.1 Å². The number of nitrogens with zero attached hydrogens (tertiary/aromatic N) is 1. The Kier molecular flexibility index (Phi) is 7.68. The molecule has 0 bridgehead atoms. The molecule has 0 saturated carbocycles. The zero-order chi connectivity index (χ0) is 22.9. The van der Waals surface area contributed by atoms with E-state index in [1.807, 2.05) is 36.4 Å². The summed E-state index contributed by atoms with van der Waals surface area (Å²) in [4.78, 5) is 27.0. The van der Waals surface area contributed by atoms with E-state index in [0.29, 0.717) is 49.1 Å². The molecule has 2 amide bonds. The molecule has 4 rings (SSSR count). The van der Waals surface area contributed by atoms with Gasteiger partial charge in [0.2, 0.25) is 5.91 Å². The largest absolute Gasteiger partial charge is 0.489 e. The van der Waals surface area contributed by atoms with Gasteiger partial charge in [-0.1, -0.05) is 36.4 Å². The fourth-order valence-corrected chi connectivity index (χ4v) is 3.47. The Labute approximate surface area is 193 Å². The van der Waals surface area contributed by atoms with Crippen LogP contribution in [0, 0.1) is 0 Å². The Morgan fingerprint density at radius 2 is 1.55 bits per heavy atom. The molecule has 1 heterocycles. The van der Waals surface area contributed by atoms with E-state index in [2.05, 4.69) is 15.5 Å². The summed E-state index contributed by atoms with van der Waals surface area (Å²) in [5.74, 6) is 0.329. The molecule has 1 aliphatic rings. The number of morpholine rings is 1. The van der Waals surface area contributed by atoms with Gasteiger partial charge in [-0.15, -0.1) is 0 Å². The average Bonchev–Trinajstić information content (AvgIpc) is 2.85. The van der Waals surface area contributed by atoms with Gasteiger partial charge >= 0.3 is 0 Å². The van der Waals surface area contributed by atoms with Gasteiger partial charge in [0.1, 0.15) is 12.4 Å². The average molecular weight is 446 g/mol. The summed E-state index contributed by atoms with van der Waals surface area (Å²) in [6, 6.07) is 24.0. The fraction of sp³-hybridized carbons (Fsp3) is 0.231. The number of benzene rings is 3. The summed E-state index contributed by atoms with van der Waals surface area (Å²) in [6.45, 7) is 3.61. The minimum Gasteiger partial charge on any atom is -0.489 e. The molecule has 1 saturated heterocycles. The first-order valence-corrected chi connectivity index (χ1v) is 10.9. The van der Waals surface area contributed by atoms with E-state index in [0.717, 1.165) is 18.7 Å². The first-order chi connectivity index (χ1) is 16.2. The number of carbonyl (C=O) groups excluding carboxylic acids is 2. The van der Waals surface area contributed by atoms with Crippen LogP contribution in [0.4, 0.5) is 11.4 Å². The van der Waals surface area contributed by atoms with Crippen molar-refractivity contribution in [2.75, 3.05) is 43.5 Å². The second kappa shape index (κ2) is 11.3. The monoisotopic (exact) mass is 445 g/mol. The molecule has 7 heteroatoms. The van der Waals surface area contributed by atoms with Crippen molar-refractivity contribution in [3.63, 3.8) is 0 Å². The smallest absolute Gasteiger partial charge is 0.255 e. The zero-order valence-corrected chi connectivity index (χ0v) is 18.3. The molecule has 0 radical (unpaired) electrons. The second-order valence-electron chi connectivity index (χ2n) is 7.77. The predicted octanol–water partition coefficient (Wildman–Crippen LogP) is 3.79. The van der Waals surface area contributed by atoms with E-state index in [4.69, 9.17) is 9.47 Å². The molecule has 0 spiro atoms. The molecule has 170 valence electrons. The number of rotatable bonds is 8. The van der Waals surface area contributed by atoms with Crippen molar-refractivity contribution in [1.82, 2.24) is 4.90 Å². The number of amides is 2. The van der Waals surface area contributed by atoms with Gasteiger partial charge in [0.15, 0.2) is 0 Å². The van der Waals surface area contributed by atoms with E-state index in [1.165, 1.54) is 0 Å². The highest BCUT2D eigenvalue weighted by Crippen LogP contribution is 2.18. The molecule has 3 aromatic carbocycles. The molecule has 33 heavy (non-hydrogen) atoms. The van der Waals surface area contributed by atoms with Gasteiger partial charge in [-0.05, 0) is 48.0 Å². The van der Waals surface area contributed by atoms with Gasteiger partial charge in [-0.25, -0.2) is 0 Å². The minimum atomic E-state index is -0.232. The van der Waals surface area contributed by atoms with Crippen LogP contribution in [0.15, 0.2) is 78.9 Å². The van der Waals surface area contributed by atoms with Crippen molar-refractivity contribution in [3.05, 3.63) is 90.0 Å². The van der Waals surface area contributed by atoms with Crippen LogP contribution in [-0.4, -0.2) is 49.6 Å². The van der Waals surface area contributed by atoms with Crippen LogP contribution < -0.4 is 15.4 Å². The minimum absolute atomic E-state index is 0.0685. The highest BCUT2D eigenvalue weighted by molar-refractivity contribution is 6.04. The van der Waals surface area contributed by atoms with E-state index in [9.17, 15) is 9.59 Å². The SMILES string of the molecule is O=C(CN1CCOCC1)Nc1ccc(NC(=O)c2cccc(OCc3ccccc3)c2)cc1. The van der Waals surface area contributed by atoms with Crippen molar-refractivity contribution in [2.45, 2.75) is 6.61 Å². The van der Waals surface area contributed by atoms with Crippen molar-refractivity contribution in [2.24, 2.45) is 0 Å². The van der Waals surface area contributed by atoms with Crippen LogP contribution in [0.1, 0.15) is 15.9 Å². The van der Waals surface area contributed by atoms with Crippen LogP contribution in [0.3, 0.4) is 0 Å². The Morgan fingerprint density at radius 1 is 0.848 bits per heavy atom. The standard InChI is InChI=1S/C26H27N3O4/c30-25(18-29-13-15-32-16-14-29)27-22-9-11-23(12-10-22)28-26(31)21-7-4-8-24(17-21)33-19-20-5-2-1-3-6-20/h1-12,17H,13-16,18-19H2,(H,27,30)(H,28,31). The third kappa shape index (κ3) is 6.90. The van der Waals surface area contributed by atoms with Crippen LogP contribution in [0.25, 0.3) is 0 Å². The maximum Gasteiger partial charge on any atom is 0.255 e. The fourth-order valence-electron chi connectivity index (χ4n) is 3.47. The first kappa shape index (κ1) is 22.5. The number of nitrogens with one attached hydrogen (secondary N) is 2. The van der Waals surface area contributed by atoms with Crippen LogP contribution in [0.5, 0.6) is 5.75 Å². The maximum atomic E-state index is 12.7. The summed E-state index contributed by atoms with van der Waals surface area (Å²) < 4.78 is 11.1. The lowest BCUT2D eigenvalue weighted by Crippen LogP contribution is -2.41. The van der Waals surface area contributed by atoms with Crippen molar-refractivity contribution in [3.8, 4) is 5.75 Å². The summed E-state index contributed by atoms with van der Waals surface area (Å²) >= 11 is 0. The number of carbonyl (C=O) groups is 2. The lowest BCUT2D eigenvalue weighted by Gasteiger charge is -2.25. The molecule has 0 unspecified atom stereocenters. The van der Waals surface area contributed by atoms with Crippen molar-refractivity contribution in [1.29, 1.82) is 0 Å². The summed E-state index contributed by atoms with van der Waals surface area (Å²) in [5, 5.41) is 5.76. The Morgan fingerprint density at radius 3 is 2.27 bits per heavy atom. The lowest BCUT2D eigenvalue weighted by molar-refractivity contribution is -0.118. The lowest BCUT2D eigenvalue weighted by atomic mass is 10.2. The van der Waals surface area contributed by atoms with Gasteiger partial charge in [-0.2, -0.15) is 0 Å². The van der Waals surface area contributed by atoms with Crippen LogP contribution in [0.2, 0.25) is 0 Å². The van der Waals surface area contributed by atoms with Gasteiger partial charge in [0.25, 0.3) is 5.91 Å². The summed E-state index contributed by atoms with van der Waals surface area (Å²) in [6.07, 6.45) is 0. The van der Waals surface area contributed by atoms with Gasteiger partial charge < -0.3 is 20.1 Å². The first-order valence-electron chi connectivity index (χ1n) is 10.9. The Hall–Kier alpha value is -3.68. The third-order valence-corrected chi connectivity index (χ3v) is 5.24. The number of ether oxygens (including phenoxy) is 2. The molecule has 1 fully saturated rings. The molecule has 1 aliphatic heterocycles. The quantitative estimate of drug-likeness (QED) is 0.552.